The van der Waals surface area contributed by atoms with Crippen LogP contribution < -0.4 is 10.6 Å². The zero-order valence-corrected chi connectivity index (χ0v) is 13.7. The molecule has 1 heterocycles. The fourth-order valence-corrected chi connectivity index (χ4v) is 3.03. The highest BCUT2D eigenvalue weighted by atomic mass is 16.2. The van der Waals surface area contributed by atoms with Gasteiger partial charge in [0.15, 0.2) is 0 Å². The van der Waals surface area contributed by atoms with Gasteiger partial charge in [-0.25, -0.2) is 0 Å². The minimum atomic E-state index is 0.0821. The van der Waals surface area contributed by atoms with Crippen LogP contribution in [0.3, 0.4) is 0 Å². The Morgan fingerprint density at radius 2 is 1.74 bits per heavy atom. The quantitative estimate of drug-likeness (QED) is 0.868. The molecule has 1 saturated heterocycles. The summed E-state index contributed by atoms with van der Waals surface area (Å²) in [6.07, 6.45) is 0. The molecule has 4 heteroatoms. The highest BCUT2D eigenvalue weighted by Crippen LogP contribution is 2.20. The van der Waals surface area contributed by atoms with E-state index in [1.807, 2.05) is 24.0 Å². The zero-order valence-electron chi connectivity index (χ0n) is 13.7. The highest BCUT2D eigenvalue weighted by molar-refractivity contribution is 5.96. The Bertz CT molecular complexity index is 718. The molecule has 1 fully saturated rings. The van der Waals surface area contributed by atoms with Crippen LogP contribution in [-0.2, 0) is 0 Å². The van der Waals surface area contributed by atoms with E-state index >= 15 is 0 Å². The van der Waals surface area contributed by atoms with Crippen molar-refractivity contribution in [1.82, 2.24) is 4.90 Å². The number of carbonyl (C=O) groups excluding carboxylic acids is 1. The number of amides is 1. The van der Waals surface area contributed by atoms with Gasteiger partial charge >= 0.3 is 0 Å². The van der Waals surface area contributed by atoms with Gasteiger partial charge in [0.25, 0.3) is 5.91 Å². The maximum Gasteiger partial charge on any atom is 0.254 e. The predicted octanol–water partition coefficient (Wildman–Crippen LogP) is 2.85. The number of carbonyl (C=O) groups is 1. The molecule has 1 amide bonds. The van der Waals surface area contributed by atoms with Crippen LogP contribution in [0, 0.1) is 13.8 Å². The molecule has 0 radical (unpaired) electrons. The lowest BCUT2D eigenvalue weighted by molar-refractivity contribution is 0.0746. The summed E-state index contributed by atoms with van der Waals surface area (Å²) in [7, 11) is 0. The van der Waals surface area contributed by atoms with Crippen molar-refractivity contribution in [2.24, 2.45) is 0 Å². The summed E-state index contributed by atoms with van der Waals surface area (Å²) in [6, 6.07) is 14.0. The molecule has 0 spiro atoms. The van der Waals surface area contributed by atoms with E-state index in [2.05, 4.69) is 36.1 Å². The summed E-state index contributed by atoms with van der Waals surface area (Å²) in [4.78, 5) is 17.0. The Morgan fingerprint density at radius 3 is 2.43 bits per heavy atom. The van der Waals surface area contributed by atoms with Crippen molar-refractivity contribution < 1.29 is 4.79 Å². The van der Waals surface area contributed by atoms with Gasteiger partial charge < -0.3 is 15.5 Å². The van der Waals surface area contributed by atoms with Gasteiger partial charge in [-0.2, -0.15) is 0 Å². The molecule has 3 rings (SSSR count). The molecule has 4 nitrogen and oxygen atoms in total. The third-order valence-corrected chi connectivity index (χ3v) is 4.43. The Balaban J connectivity index is 1.69. The van der Waals surface area contributed by atoms with Crippen LogP contribution >= 0.6 is 0 Å². The van der Waals surface area contributed by atoms with Crippen molar-refractivity contribution >= 4 is 17.3 Å². The summed E-state index contributed by atoms with van der Waals surface area (Å²) in [5.74, 6) is 0.0821. The number of piperazine rings is 1. The number of aryl methyl sites for hydroxylation is 2. The van der Waals surface area contributed by atoms with E-state index in [0.29, 0.717) is 11.3 Å². The number of rotatable bonds is 2. The summed E-state index contributed by atoms with van der Waals surface area (Å²) in [6.45, 7) is 7.25. The zero-order chi connectivity index (χ0) is 16.4. The Morgan fingerprint density at radius 1 is 1.00 bits per heavy atom. The number of benzene rings is 2. The van der Waals surface area contributed by atoms with Crippen LogP contribution in [0.1, 0.15) is 21.5 Å². The molecule has 1 aliphatic rings. The number of nitrogens with two attached hydrogens (primary N) is 1. The molecule has 0 aromatic heterocycles. The van der Waals surface area contributed by atoms with E-state index in [0.717, 1.165) is 31.7 Å². The largest absolute Gasteiger partial charge is 0.399 e. The first-order chi connectivity index (χ1) is 11.0. The molecule has 0 atom stereocenters. The molecule has 120 valence electrons. The number of nitrogens with zero attached hydrogens (tertiary/aromatic N) is 2. The average Bonchev–Trinajstić information content (AvgIpc) is 2.56. The van der Waals surface area contributed by atoms with Gasteiger partial charge in [0.2, 0.25) is 0 Å². The molecule has 23 heavy (non-hydrogen) atoms. The second-order valence-corrected chi connectivity index (χ2v) is 6.19. The van der Waals surface area contributed by atoms with Crippen LogP contribution in [0.4, 0.5) is 11.4 Å². The van der Waals surface area contributed by atoms with Gasteiger partial charge in [-0.1, -0.05) is 18.2 Å². The van der Waals surface area contributed by atoms with Crippen molar-refractivity contribution in [3.8, 4) is 0 Å². The topological polar surface area (TPSA) is 49.6 Å². The van der Waals surface area contributed by atoms with E-state index in [9.17, 15) is 4.79 Å². The summed E-state index contributed by atoms with van der Waals surface area (Å²) < 4.78 is 0. The normalized spacial score (nSPS) is 14.9. The number of hydrogen-bond donors (Lipinski definition) is 1. The molecular formula is C19H23N3O. The smallest absolute Gasteiger partial charge is 0.254 e. The maximum atomic E-state index is 12.7. The molecule has 0 bridgehead atoms. The SMILES string of the molecule is Cc1cccc(N2CCN(C(=O)c3cc(N)ccc3C)CC2)c1. The average molecular weight is 309 g/mol. The Kier molecular flexibility index (Phi) is 4.24. The second-order valence-electron chi connectivity index (χ2n) is 6.19. The third kappa shape index (κ3) is 3.31. The first-order valence-corrected chi connectivity index (χ1v) is 8.01. The highest BCUT2D eigenvalue weighted by Gasteiger charge is 2.23. The van der Waals surface area contributed by atoms with Gasteiger partial charge in [-0.3, -0.25) is 4.79 Å². The van der Waals surface area contributed by atoms with Crippen molar-refractivity contribution in [3.05, 3.63) is 59.2 Å². The molecule has 2 N–H and O–H groups in total. The van der Waals surface area contributed by atoms with Crippen LogP contribution in [-0.4, -0.2) is 37.0 Å². The lowest BCUT2D eigenvalue weighted by atomic mass is 10.1. The molecular weight excluding hydrogens is 286 g/mol. The van der Waals surface area contributed by atoms with Crippen molar-refractivity contribution in [1.29, 1.82) is 0 Å². The van der Waals surface area contributed by atoms with E-state index in [4.69, 9.17) is 5.73 Å². The maximum absolute atomic E-state index is 12.7. The lowest BCUT2D eigenvalue weighted by Crippen LogP contribution is -2.49. The minimum Gasteiger partial charge on any atom is -0.399 e. The van der Waals surface area contributed by atoms with Crippen LogP contribution in [0.15, 0.2) is 42.5 Å². The van der Waals surface area contributed by atoms with E-state index in [1.54, 1.807) is 6.07 Å². The number of nitrogen functional groups attached to an aromatic ring is 1. The molecule has 0 unspecified atom stereocenters. The third-order valence-electron chi connectivity index (χ3n) is 4.43. The van der Waals surface area contributed by atoms with Gasteiger partial charge in [-0.15, -0.1) is 0 Å². The first kappa shape index (κ1) is 15.4. The molecule has 2 aromatic rings. The molecule has 2 aromatic carbocycles. The standard InChI is InChI=1S/C19H23N3O/c1-14-4-3-5-17(12-14)21-8-10-22(11-9-21)19(23)18-13-16(20)7-6-15(18)2/h3-7,12-13H,8-11,20H2,1-2H3. The van der Waals surface area contributed by atoms with Crippen molar-refractivity contribution in [3.63, 3.8) is 0 Å². The van der Waals surface area contributed by atoms with E-state index in [1.165, 1.54) is 11.3 Å². The molecule has 1 aliphatic heterocycles. The molecule has 0 saturated carbocycles. The fraction of sp³-hybridized carbons (Fsp3) is 0.316. The first-order valence-electron chi connectivity index (χ1n) is 8.01. The number of hydrogen-bond acceptors (Lipinski definition) is 3. The van der Waals surface area contributed by atoms with Crippen molar-refractivity contribution in [2.45, 2.75) is 13.8 Å². The number of anilines is 2. The van der Waals surface area contributed by atoms with Crippen LogP contribution in [0.5, 0.6) is 0 Å². The van der Waals surface area contributed by atoms with Crippen LogP contribution in [0.2, 0.25) is 0 Å². The summed E-state index contributed by atoms with van der Waals surface area (Å²) in [5.41, 5.74) is 10.7. The van der Waals surface area contributed by atoms with E-state index < -0.39 is 0 Å². The van der Waals surface area contributed by atoms with Crippen LogP contribution in [0.25, 0.3) is 0 Å². The van der Waals surface area contributed by atoms with Gasteiger partial charge in [-0.05, 0) is 49.2 Å². The predicted molar refractivity (Wildman–Crippen MR) is 94.9 cm³/mol. The minimum absolute atomic E-state index is 0.0821. The Labute approximate surface area is 137 Å². The summed E-state index contributed by atoms with van der Waals surface area (Å²) in [5, 5.41) is 0. The lowest BCUT2D eigenvalue weighted by Gasteiger charge is -2.36. The van der Waals surface area contributed by atoms with Gasteiger partial charge in [0.05, 0.1) is 0 Å². The van der Waals surface area contributed by atoms with E-state index in [-0.39, 0.29) is 5.91 Å². The fourth-order valence-electron chi connectivity index (χ4n) is 3.03. The van der Waals surface area contributed by atoms with Crippen molar-refractivity contribution in [2.75, 3.05) is 36.8 Å². The molecule has 0 aliphatic carbocycles. The van der Waals surface area contributed by atoms with Gasteiger partial charge in [0, 0.05) is 43.1 Å². The Hall–Kier alpha value is -2.49. The monoisotopic (exact) mass is 309 g/mol. The second kappa shape index (κ2) is 6.32. The van der Waals surface area contributed by atoms with Gasteiger partial charge in [0.1, 0.15) is 0 Å². The summed E-state index contributed by atoms with van der Waals surface area (Å²) >= 11 is 0.